The number of carboxylic acids is 1. The standard InChI is InChI=1S/C17H16O2S.C3H6O2/c1-13-11-12-20-16(13)9-7-14-3-5-15(6-4-14)8-10-17(18)19-2;1-2-3(4)5/h3-6,11-12H,8,10H2,1-2H3;2H2,1H3,(H,4,5). The first-order chi connectivity index (χ1) is 12.0. The normalized spacial score (nSPS) is 9.24. The molecule has 1 aromatic heterocycles. The van der Waals surface area contributed by atoms with Crippen LogP contribution in [0.3, 0.4) is 0 Å². The minimum absolute atomic E-state index is 0.179. The summed E-state index contributed by atoms with van der Waals surface area (Å²) in [4.78, 5) is 21.6. The molecule has 4 nitrogen and oxygen atoms in total. The fourth-order valence-corrected chi connectivity index (χ4v) is 2.51. The highest BCUT2D eigenvalue weighted by Crippen LogP contribution is 2.14. The van der Waals surface area contributed by atoms with E-state index in [1.165, 1.54) is 12.7 Å². The fraction of sp³-hybridized carbons (Fsp3) is 0.300. The molecule has 0 amide bonds. The van der Waals surface area contributed by atoms with E-state index in [0.717, 1.165) is 16.0 Å². The molecule has 2 aromatic rings. The molecular formula is C20H22O4S. The van der Waals surface area contributed by atoms with E-state index in [4.69, 9.17) is 5.11 Å². The molecule has 0 aliphatic rings. The molecule has 132 valence electrons. The van der Waals surface area contributed by atoms with Crippen LogP contribution in [0.25, 0.3) is 0 Å². The minimum atomic E-state index is -0.745. The molecule has 0 unspecified atom stereocenters. The predicted molar refractivity (Wildman–Crippen MR) is 99.7 cm³/mol. The third-order valence-corrected chi connectivity index (χ3v) is 4.22. The van der Waals surface area contributed by atoms with Crippen LogP contribution >= 0.6 is 11.3 Å². The van der Waals surface area contributed by atoms with Crippen molar-refractivity contribution in [1.82, 2.24) is 0 Å². The molecule has 0 aliphatic carbocycles. The number of carbonyl (C=O) groups excluding carboxylic acids is 1. The van der Waals surface area contributed by atoms with Gasteiger partial charge >= 0.3 is 11.9 Å². The van der Waals surface area contributed by atoms with E-state index in [9.17, 15) is 9.59 Å². The molecule has 0 aliphatic heterocycles. The van der Waals surface area contributed by atoms with Gasteiger partial charge in [-0.2, -0.15) is 0 Å². The van der Waals surface area contributed by atoms with Crippen molar-refractivity contribution in [2.24, 2.45) is 0 Å². The summed E-state index contributed by atoms with van der Waals surface area (Å²) < 4.78 is 4.63. The maximum Gasteiger partial charge on any atom is 0.305 e. The van der Waals surface area contributed by atoms with Crippen LogP contribution in [0.4, 0.5) is 0 Å². The smallest absolute Gasteiger partial charge is 0.305 e. The van der Waals surface area contributed by atoms with Gasteiger partial charge in [0.25, 0.3) is 0 Å². The number of carbonyl (C=O) groups is 2. The second-order valence-electron chi connectivity index (χ2n) is 5.20. The molecule has 0 saturated carbocycles. The summed E-state index contributed by atoms with van der Waals surface area (Å²) in [5.74, 6) is 5.42. The van der Waals surface area contributed by atoms with Crippen molar-refractivity contribution in [3.63, 3.8) is 0 Å². The average Bonchev–Trinajstić information content (AvgIpc) is 3.04. The van der Waals surface area contributed by atoms with Gasteiger partial charge in [-0.25, -0.2) is 0 Å². The van der Waals surface area contributed by atoms with E-state index in [1.807, 2.05) is 24.3 Å². The Morgan fingerprint density at radius 3 is 2.28 bits per heavy atom. The molecule has 25 heavy (non-hydrogen) atoms. The predicted octanol–water partition coefficient (Wildman–Crippen LogP) is 4.04. The van der Waals surface area contributed by atoms with Crippen LogP contribution in [0.15, 0.2) is 35.7 Å². The first kappa shape index (κ1) is 20.5. The van der Waals surface area contributed by atoms with Crippen molar-refractivity contribution < 1.29 is 19.4 Å². The van der Waals surface area contributed by atoms with Crippen molar-refractivity contribution >= 4 is 23.3 Å². The molecule has 0 bridgehead atoms. The Morgan fingerprint density at radius 1 is 1.16 bits per heavy atom. The first-order valence-corrected chi connectivity index (χ1v) is 8.77. The van der Waals surface area contributed by atoms with E-state index < -0.39 is 5.97 Å². The SMILES string of the molecule is CCC(=O)O.COC(=O)CCc1ccc(C#Cc2sccc2C)cc1. The van der Waals surface area contributed by atoms with Crippen LogP contribution in [0.1, 0.15) is 41.3 Å². The van der Waals surface area contributed by atoms with E-state index in [0.29, 0.717) is 12.8 Å². The first-order valence-electron chi connectivity index (χ1n) is 7.90. The number of hydrogen-bond acceptors (Lipinski definition) is 4. The number of rotatable bonds is 4. The molecule has 0 fully saturated rings. The maximum absolute atomic E-state index is 11.1. The Bertz CT molecular complexity index is 748. The van der Waals surface area contributed by atoms with Crippen molar-refractivity contribution in [3.8, 4) is 11.8 Å². The van der Waals surface area contributed by atoms with Gasteiger partial charge in [-0.05, 0) is 48.1 Å². The average molecular weight is 358 g/mol. The van der Waals surface area contributed by atoms with Crippen LogP contribution in [-0.4, -0.2) is 24.2 Å². The van der Waals surface area contributed by atoms with Gasteiger partial charge in [-0.3, -0.25) is 9.59 Å². The quantitative estimate of drug-likeness (QED) is 0.662. The Balaban J connectivity index is 0.000000550. The summed E-state index contributed by atoms with van der Waals surface area (Å²) in [5.41, 5.74) is 3.32. The van der Waals surface area contributed by atoms with Gasteiger partial charge in [-0.1, -0.05) is 30.9 Å². The molecule has 5 heteroatoms. The lowest BCUT2D eigenvalue weighted by Crippen LogP contribution is -2.01. The topological polar surface area (TPSA) is 63.6 Å². The van der Waals surface area contributed by atoms with Crippen molar-refractivity contribution in [1.29, 1.82) is 0 Å². The Kier molecular flexibility index (Phi) is 9.05. The summed E-state index contributed by atoms with van der Waals surface area (Å²) in [6, 6.07) is 10.1. The van der Waals surface area contributed by atoms with Crippen LogP contribution in [-0.2, 0) is 20.7 Å². The number of methoxy groups -OCH3 is 1. The largest absolute Gasteiger partial charge is 0.481 e. The summed E-state index contributed by atoms with van der Waals surface area (Å²) in [7, 11) is 1.41. The lowest BCUT2D eigenvalue weighted by molar-refractivity contribution is -0.140. The number of aryl methyl sites for hydroxylation is 2. The number of aliphatic carboxylic acids is 1. The van der Waals surface area contributed by atoms with E-state index >= 15 is 0 Å². The van der Waals surface area contributed by atoms with Gasteiger partial charge in [-0.15, -0.1) is 11.3 Å². The fourth-order valence-electron chi connectivity index (χ4n) is 1.73. The van der Waals surface area contributed by atoms with Crippen molar-refractivity contribution in [3.05, 3.63) is 57.3 Å². The minimum Gasteiger partial charge on any atom is -0.481 e. The highest BCUT2D eigenvalue weighted by Gasteiger charge is 2.01. The molecular weight excluding hydrogens is 336 g/mol. The maximum atomic E-state index is 11.1. The zero-order chi connectivity index (χ0) is 18.7. The third kappa shape index (κ3) is 8.18. The summed E-state index contributed by atoms with van der Waals surface area (Å²) in [6.45, 7) is 3.67. The Morgan fingerprint density at radius 2 is 1.80 bits per heavy atom. The summed E-state index contributed by atoms with van der Waals surface area (Å²) in [6.07, 6.45) is 1.33. The molecule has 1 heterocycles. The third-order valence-electron chi connectivity index (χ3n) is 3.28. The lowest BCUT2D eigenvalue weighted by atomic mass is 10.1. The van der Waals surface area contributed by atoms with Crippen LogP contribution in [0.5, 0.6) is 0 Å². The number of carboxylic acid groups (broad SMARTS) is 1. The van der Waals surface area contributed by atoms with Gasteiger partial charge in [0, 0.05) is 18.4 Å². The second kappa shape index (κ2) is 11.1. The molecule has 0 spiro atoms. The van der Waals surface area contributed by atoms with Crippen molar-refractivity contribution in [2.75, 3.05) is 7.11 Å². The van der Waals surface area contributed by atoms with Crippen molar-refractivity contribution in [2.45, 2.75) is 33.1 Å². The lowest BCUT2D eigenvalue weighted by Gasteiger charge is -2.00. The molecule has 0 saturated heterocycles. The van der Waals surface area contributed by atoms with E-state index in [-0.39, 0.29) is 12.4 Å². The van der Waals surface area contributed by atoms with Gasteiger partial charge in [0.05, 0.1) is 12.0 Å². The summed E-state index contributed by atoms with van der Waals surface area (Å²) >= 11 is 1.66. The molecule has 1 N–H and O–H groups in total. The molecule has 2 rings (SSSR count). The number of benzene rings is 1. The van der Waals surface area contributed by atoms with Crippen LogP contribution in [0, 0.1) is 18.8 Å². The molecule has 0 atom stereocenters. The number of ether oxygens (including phenoxy) is 1. The van der Waals surface area contributed by atoms with Crippen LogP contribution in [0.2, 0.25) is 0 Å². The van der Waals surface area contributed by atoms with Gasteiger partial charge in [0.15, 0.2) is 0 Å². The Labute approximate surface area is 152 Å². The zero-order valence-electron chi connectivity index (χ0n) is 14.7. The van der Waals surface area contributed by atoms with E-state index in [2.05, 4.69) is 34.9 Å². The highest BCUT2D eigenvalue weighted by atomic mass is 32.1. The van der Waals surface area contributed by atoms with Gasteiger partial charge in [0.1, 0.15) is 0 Å². The number of thiophene rings is 1. The number of hydrogen-bond donors (Lipinski definition) is 1. The molecule has 1 aromatic carbocycles. The van der Waals surface area contributed by atoms with E-state index in [1.54, 1.807) is 18.3 Å². The van der Waals surface area contributed by atoms with Crippen LogP contribution < -0.4 is 0 Å². The zero-order valence-corrected chi connectivity index (χ0v) is 15.5. The number of esters is 1. The highest BCUT2D eigenvalue weighted by molar-refractivity contribution is 7.10. The Hall–Kier alpha value is -2.58. The second-order valence-corrected chi connectivity index (χ2v) is 6.12. The monoisotopic (exact) mass is 358 g/mol. The van der Waals surface area contributed by atoms with Gasteiger partial charge < -0.3 is 9.84 Å². The van der Waals surface area contributed by atoms with Gasteiger partial charge in [0.2, 0.25) is 0 Å². The summed E-state index contributed by atoms with van der Waals surface area (Å²) in [5, 5.41) is 9.77. The molecule has 0 radical (unpaired) electrons.